The second-order valence-electron chi connectivity index (χ2n) is 6.64. The number of benzene rings is 1. The Kier molecular flexibility index (Phi) is 3.54. The average Bonchev–Trinajstić information content (AvgIpc) is 3.02. The minimum absolute atomic E-state index is 0.0520. The molecule has 0 saturated heterocycles. The Labute approximate surface area is 165 Å². The summed E-state index contributed by atoms with van der Waals surface area (Å²) in [7, 11) is 1.52. The molecule has 0 atom stereocenters. The van der Waals surface area contributed by atoms with E-state index in [4.69, 9.17) is 15.5 Å². The molecule has 0 aliphatic heterocycles. The highest BCUT2D eigenvalue weighted by atomic mass is 16.5. The summed E-state index contributed by atoms with van der Waals surface area (Å²) in [6.07, 6.45) is 8.91. The van der Waals surface area contributed by atoms with Crippen LogP contribution in [0.1, 0.15) is 5.56 Å². The van der Waals surface area contributed by atoms with Crippen LogP contribution in [0.2, 0.25) is 0 Å². The molecule has 3 aromatic heterocycles. The Bertz CT molecular complexity index is 1420. The van der Waals surface area contributed by atoms with Gasteiger partial charge < -0.3 is 15.6 Å². The Hall–Kier alpha value is -4.31. The summed E-state index contributed by atoms with van der Waals surface area (Å²) < 4.78 is 6.89. The van der Waals surface area contributed by atoms with Crippen LogP contribution in [0.15, 0.2) is 54.9 Å². The number of pyridine rings is 2. The van der Waals surface area contributed by atoms with E-state index in [1.54, 1.807) is 16.8 Å². The van der Waals surface area contributed by atoms with Gasteiger partial charge in [0.15, 0.2) is 0 Å². The molecule has 140 valence electrons. The van der Waals surface area contributed by atoms with Gasteiger partial charge in [-0.25, -0.2) is 9.97 Å². The minimum Gasteiger partial charge on any atom is -0.494 e. The maximum absolute atomic E-state index is 10.7. The summed E-state index contributed by atoms with van der Waals surface area (Å²) in [5, 5.41) is 21.5. The lowest BCUT2D eigenvalue weighted by atomic mass is 9.98. The standard InChI is InChI=1S/C22H15N5O2/c1-29-18-8-16(12(9-23)10-25-18)14-6-3-7-15-20(24)19-17(26-21(14)15)11-27(22(19)28)13-4-2-5-13/h2-8,10-11,28H,24H2,1H3. The molecule has 3 heterocycles. The summed E-state index contributed by atoms with van der Waals surface area (Å²) in [5.74, 6) is 0.453. The number of aromatic nitrogens is 3. The van der Waals surface area contributed by atoms with Crippen molar-refractivity contribution in [2.24, 2.45) is 0 Å². The van der Waals surface area contributed by atoms with Crippen molar-refractivity contribution in [1.29, 1.82) is 5.26 Å². The number of nitrogens with two attached hydrogens (primary N) is 1. The van der Waals surface area contributed by atoms with Crippen LogP contribution in [0.3, 0.4) is 0 Å². The Morgan fingerprint density at radius 1 is 1.28 bits per heavy atom. The van der Waals surface area contributed by atoms with Gasteiger partial charge in [0, 0.05) is 40.7 Å². The molecule has 3 N–H and O–H groups in total. The zero-order valence-corrected chi connectivity index (χ0v) is 15.4. The van der Waals surface area contributed by atoms with E-state index in [9.17, 15) is 10.4 Å². The van der Waals surface area contributed by atoms with Crippen LogP contribution in [0.25, 0.3) is 38.6 Å². The number of fused-ring (bicyclic) bond motifs is 2. The quantitative estimate of drug-likeness (QED) is 0.558. The highest BCUT2D eigenvalue weighted by molar-refractivity contribution is 6.12. The molecule has 0 fully saturated rings. The number of allylic oxidation sites excluding steroid dienone is 4. The largest absolute Gasteiger partial charge is 0.494 e. The highest BCUT2D eigenvalue weighted by Gasteiger charge is 2.20. The maximum atomic E-state index is 10.7. The molecule has 7 heteroatoms. The van der Waals surface area contributed by atoms with E-state index in [1.165, 1.54) is 13.3 Å². The molecular formula is C22H15N5O2. The van der Waals surface area contributed by atoms with Gasteiger partial charge in [0.05, 0.1) is 34.8 Å². The number of aromatic hydroxyl groups is 1. The molecule has 0 saturated carbocycles. The summed E-state index contributed by atoms with van der Waals surface area (Å²) >= 11 is 0. The summed E-state index contributed by atoms with van der Waals surface area (Å²) in [6, 6.07) is 9.46. The van der Waals surface area contributed by atoms with Crippen LogP contribution in [0.4, 0.5) is 5.69 Å². The van der Waals surface area contributed by atoms with Gasteiger partial charge >= 0.3 is 0 Å². The van der Waals surface area contributed by atoms with E-state index >= 15 is 0 Å². The van der Waals surface area contributed by atoms with Crippen molar-refractivity contribution < 1.29 is 9.84 Å². The summed E-state index contributed by atoms with van der Waals surface area (Å²) in [4.78, 5) is 8.90. The number of rotatable bonds is 3. The number of anilines is 1. The van der Waals surface area contributed by atoms with E-state index in [2.05, 4.69) is 11.1 Å². The van der Waals surface area contributed by atoms with E-state index < -0.39 is 0 Å². The lowest BCUT2D eigenvalue weighted by Crippen LogP contribution is -1.96. The van der Waals surface area contributed by atoms with Gasteiger partial charge in [-0.1, -0.05) is 24.3 Å². The highest BCUT2D eigenvalue weighted by Crippen LogP contribution is 2.41. The van der Waals surface area contributed by atoms with Crippen LogP contribution in [0.5, 0.6) is 11.8 Å². The number of para-hydroxylation sites is 1. The lowest BCUT2D eigenvalue weighted by molar-refractivity contribution is 0.398. The normalized spacial score (nSPS) is 12.6. The van der Waals surface area contributed by atoms with E-state index in [-0.39, 0.29) is 5.88 Å². The Morgan fingerprint density at radius 2 is 2.10 bits per heavy atom. The van der Waals surface area contributed by atoms with E-state index in [0.717, 1.165) is 11.3 Å². The van der Waals surface area contributed by atoms with Crippen molar-refractivity contribution in [2.75, 3.05) is 12.8 Å². The van der Waals surface area contributed by atoms with Crippen molar-refractivity contribution in [3.63, 3.8) is 0 Å². The van der Waals surface area contributed by atoms with Crippen LogP contribution >= 0.6 is 0 Å². The molecule has 0 amide bonds. The van der Waals surface area contributed by atoms with Gasteiger partial charge in [0.2, 0.25) is 11.8 Å². The van der Waals surface area contributed by atoms with Gasteiger partial charge in [-0.2, -0.15) is 5.26 Å². The zero-order valence-electron chi connectivity index (χ0n) is 15.4. The van der Waals surface area contributed by atoms with Crippen LogP contribution in [0, 0.1) is 11.3 Å². The van der Waals surface area contributed by atoms with Crippen molar-refractivity contribution >= 4 is 33.2 Å². The molecule has 29 heavy (non-hydrogen) atoms. The van der Waals surface area contributed by atoms with Gasteiger partial charge in [-0.15, -0.1) is 0 Å². The summed E-state index contributed by atoms with van der Waals surface area (Å²) in [5.41, 5.74) is 10.8. The van der Waals surface area contributed by atoms with Gasteiger partial charge in [-0.05, 0) is 12.2 Å². The predicted molar refractivity (Wildman–Crippen MR) is 111 cm³/mol. The lowest BCUT2D eigenvalue weighted by Gasteiger charge is -2.11. The van der Waals surface area contributed by atoms with Gasteiger partial charge in [0.25, 0.3) is 0 Å². The number of methoxy groups -OCH3 is 1. The third-order valence-corrected chi connectivity index (χ3v) is 5.10. The minimum atomic E-state index is 0.0520. The molecule has 4 aromatic rings. The smallest absolute Gasteiger partial charge is 0.213 e. The molecule has 0 radical (unpaired) electrons. The number of nitrogen functional groups attached to an aromatic ring is 1. The van der Waals surface area contributed by atoms with E-state index in [0.29, 0.717) is 44.5 Å². The Balaban J connectivity index is 1.85. The third-order valence-electron chi connectivity index (χ3n) is 5.10. The summed E-state index contributed by atoms with van der Waals surface area (Å²) in [6.45, 7) is 0. The number of nitrogens with zero attached hydrogens (tertiary/aromatic N) is 4. The van der Waals surface area contributed by atoms with Crippen molar-refractivity contribution in [3.8, 4) is 29.0 Å². The molecule has 0 spiro atoms. The van der Waals surface area contributed by atoms with Crippen LogP contribution in [-0.4, -0.2) is 26.8 Å². The first-order chi connectivity index (χ1) is 14.1. The number of nitriles is 1. The second-order valence-corrected chi connectivity index (χ2v) is 6.64. The average molecular weight is 381 g/mol. The maximum Gasteiger partial charge on any atom is 0.213 e. The fourth-order valence-electron chi connectivity index (χ4n) is 3.58. The molecule has 5 rings (SSSR count). The van der Waals surface area contributed by atoms with E-state index in [1.807, 2.05) is 36.4 Å². The molecule has 1 aliphatic rings. The monoisotopic (exact) mass is 381 g/mol. The fraction of sp³-hybridized carbons (Fsp3) is 0.0455. The SMILES string of the molecule is COc1cc(-c2cccc3c(N)c4c(O)n(C5=CC=C5)cc4nc23)c(C#N)cn1. The van der Waals surface area contributed by atoms with Crippen molar-refractivity contribution in [3.05, 3.63) is 60.5 Å². The molecule has 1 aromatic carbocycles. The third kappa shape index (κ3) is 2.36. The topological polar surface area (TPSA) is 110 Å². The number of ether oxygens (including phenoxy) is 1. The van der Waals surface area contributed by atoms with Crippen LogP contribution < -0.4 is 10.5 Å². The zero-order chi connectivity index (χ0) is 20.1. The fourth-order valence-corrected chi connectivity index (χ4v) is 3.58. The van der Waals surface area contributed by atoms with Crippen LogP contribution in [-0.2, 0) is 0 Å². The van der Waals surface area contributed by atoms with Gasteiger partial charge in [0.1, 0.15) is 6.07 Å². The first-order valence-corrected chi connectivity index (χ1v) is 8.88. The van der Waals surface area contributed by atoms with Crippen molar-refractivity contribution in [1.82, 2.24) is 14.5 Å². The molecule has 1 aliphatic carbocycles. The molecule has 7 nitrogen and oxygen atoms in total. The molecule has 0 bridgehead atoms. The number of hydrogen-bond donors (Lipinski definition) is 2. The second kappa shape index (κ2) is 6.11. The molecule has 0 unspecified atom stereocenters. The van der Waals surface area contributed by atoms with Crippen molar-refractivity contribution in [2.45, 2.75) is 0 Å². The number of hydrogen-bond acceptors (Lipinski definition) is 6. The Morgan fingerprint density at radius 3 is 2.79 bits per heavy atom. The van der Waals surface area contributed by atoms with Gasteiger partial charge in [-0.3, -0.25) is 4.57 Å². The predicted octanol–water partition coefficient (Wildman–Crippen LogP) is 3.83. The first-order valence-electron chi connectivity index (χ1n) is 8.88. The first kappa shape index (κ1) is 16.8. The molecular weight excluding hydrogens is 366 g/mol.